The van der Waals surface area contributed by atoms with Crippen LogP contribution < -0.4 is 10.1 Å². The van der Waals surface area contributed by atoms with Crippen molar-refractivity contribution in [3.63, 3.8) is 0 Å². The summed E-state index contributed by atoms with van der Waals surface area (Å²) in [6, 6.07) is 16.4. The molecule has 2 aromatic rings. The van der Waals surface area contributed by atoms with Gasteiger partial charge in [-0.05, 0) is 37.1 Å². The second kappa shape index (κ2) is 10.2. The second-order valence-electron chi connectivity index (χ2n) is 5.99. The lowest BCUT2D eigenvalue weighted by molar-refractivity contribution is -0.121. The van der Waals surface area contributed by atoms with Gasteiger partial charge >= 0.3 is 0 Å². The predicted molar refractivity (Wildman–Crippen MR) is 102 cm³/mol. The van der Waals surface area contributed by atoms with Gasteiger partial charge < -0.3 is 15.0 Å². The molecule has 5 heteroatoms. The third-order valence-electron chi connectivity index (χ3n) is 3.78. The van der Waals surface area contributed by atoms with Crippen molar-refractivity contribution in [3.8, 4) is 11.5 Å². The van der Waals surface area contributed by atoms with E-state index in [0.29, 0.717) is 30.2 Å². The van der Waals surface area contributed by atoms with Crippen molar-refractivity contribution in [2.75, 3.05) is 19.6 Å². The smallest absolute Gasteiger partial charge is 0.258 e. The number of ether oxygens (including phenoxy) is 1. The number of benzene rings is 2. The van der Waals surface area contributed by atoms with Gasteiger partial charge in [0.15, 0.2) is 0 Å². The van der Waals surface area contributed by atoms with Crippen LogP contribution in [-0.4, -0.2) is 36.3 Å². The molecule has 0 saturated carbocycles. The molecule has 0 fully saturated rings. The summed E-state index contributed by atoms with van der Waals surface area (Å²) in [7, 11) is 0. The quantitative estimate of drug-likeness (QED) is 0.744. The monoisotopic (exact) mass is 354 g/mol. The number of hydrogen-bond acceptors (Lipinski definition) is 3. The Morgan fingerprint density at radius 1 is 0.962 bits per heavy atom. The fourth-order valence-electron chi connectivity index (χ4n) is 2.53. The molecule has 0 saturated heterocycles. The molecule has 0 aliphatic carbocycles. The van der Waals surface area contributed by atoms with Crippen LogP contribution in [0.2, 0.25) is 0 Å². The van der Waals surface area contributed by atoms with Crippen molar-refractivity contribution in [1.82, 2.24) is 10.2 Å². The van der Waals surface area contributed by atoms with E-state index < -0.39 is 0 Å². The van der Waals surface area contributed by atoms with Gasteiger partial charge in [0.2, 0.25) is 5.91 Å². The molecule has 0 radical (unpaired) electrons. The minimum Gasteiger partial charge on any atom is -0.457 e. The van der Waals surface area contributed by atoms with E-state index in [1.165, 1.54) is 0 Å². The molecule has 0 bridgehead atoms. The van der Waals surface area contributed by atoms with E-state index in [4.69, 9.17) is 4.74 Å². The molecule has 0 aliphatic heterocycles. The fourth-order valence-corrected chi connectivity index (χ4v) is 2.53. The van der Waals surface area contributed by atoms with Gasteiger partial charge in [-0.3, -0.25) is 9.59 Å². The molecular weight excluding hydrogens is 328 g/mol. The van der Waals surface area contributed by atoms with E-state index in [-0.39, 0.29) is 18.4 Å². The van der Waals surface area contributed by atoms with Crippen molar-refractivity contribution < 1.29 is 14.3 Å². The maximum Gasteiger partial charge on any atom is 0.258 e. The second-order valence-corrected chi connectivity index (χ2v) is 5.99. The van der Waals surface area contributed by atoms with Gasteiger partial charge in [-0.25, -0.2) is 0 Å². The number of carbonyl (C=O) groups excluding carboxylic acids is 2. The molecule has 0 aromatic heterocycles. The largest absolute Gasteiger partial charge is 0.457 e. The first-order valence-corrected chi connectivity index (χ1v) is 9.03. The third kappa shape index (κ3) is 5.62. The maximum atomic E-state index is 13.0. The van der Waals surface area contributed by atoms with Gasteiger partial charge in [-0.15, -0.1) is 0 Å². The summed E-state index contributed by atoms with van der Waals surface area (Å²) in [4.78, 5) is 26.7. The molecule has 2 amide bonds. The highest BCUT2D eigenvalue weighted by Crippen LogP contribution is 2.26. The topological polar surface area (TPSA) is 58.6 Å². The van der Waals surface area contributed by atoms with E-state index in [9.17, 15) is 9.59 Å². The lowest BCUT2D eigenvalue weighted by atomic mass is 10.1. The van der Waals surface area contributed by atoms with Crippen LogP contribution in [0.15, 0.2) is 54.6 Å². The summed E-state index contributed by atoms with van der Waals surface area (Å²) in [5, 5.41) is 2.82. The van der Waals surface area contributed by atoms with Crippen LogP contribution in [-0.2, 0) is 4.79 Å². The van der Waals surface area contributed by atoms with E-state index in [2.05, 4.69) is 5.32 Å². The highest BCUT2D eigenvalue weighted by Gasteiger charge is 2.21. The van der Waals surface area contributed by atoms with Crippen LogP contribution in [0.4, 0.5) is 0 Å². The molecule has 0 heterocycles. The molecule has 1 N–H and O–H groups in total. The molecule has 2 aromatic carbocycles. The zero-order valence-corrected chi connectivity index (χ0v) is 15.4. The molecule has 2 rings (SSSR count). The number of nitrogens with one attached hydrogen (secondary N) is 1. The van der Waals surface area contributed by atoms with Crippen molar-refractivity contribution in [2.45, 2.75) is 26.7 Å². The third-order valence-corrected chi connectivity index (χ3v) is 3.78. The van der Waals surface area contributed by atoms with Gasteiger partial charge in [0.1, 0.15) is 11.5 Å². The Balaban J connectivity index is 2.18. The minimum absolute atomic E-state index is 0.0480. The molecule has 5 nitrogen and oxygen atoms in total. The number of amides is 2. The lowest BCUT2D eigenvalue weighted by Gasteiger charge is -2.23. The minimum atomic E-state index is -0.204. The number of rotatable bonds is 9. The number of para-hydroxylation sites is 2. The zero-order chi connectivity index (χ0) is 18.8. The predicted octanol–water partition coefficient (Wildman–Crippen LogP) is 3.86. The van der Waals surface area contributed by atoms with Crippen LogP contribution in [0.25, 0.3) is 0 Å². The molecular formula is C21H26N2O3. The summed E-state index contributed by atoms with van der Waals surface area (Å²) in [6.45, 7) is 5.15. The summed E-state index contributed by atoms with van der Waals surface area (Å²) in [5.74, 6) is 0.800. The van der Waals surface area contributed by atoms with Crippen LogP contribution in [0.5, 0.6) is 11.5 Å². The van der Waals surface area contributed by atoms with Crippen LogP contribution in [0.3, 0.4) is 0 Å². The maximum absolute atomic E-state index is 13.0. The molecule has 138 valence electrons. The molecule has 26 heavy (non-hydrogen) atoms. The average Bonchev–Trinajstić information content (AvgIpc) is 2.67. The molecule has 0 aliphatic rings. The van der Waals surface area contributed by atoms with Crippen molar-refractivity contribution in [3.05, 3.63) is 60.2 Å². The van der Waals surface area contributed by atoms with Gasteiger partial charge in [-0.1, -0.05) is 44.2 Å². The standard InChI is InChI=1S/C21H26N2O3/c1-3-14-22-20(24)16-23(15-4-2)21(25)18-12-8-9-13-19(18)26-17-10-6-5-7-11-17/h5-13H,3-4,14-16H2,1-2H3,(H,22,24). The first-order chi connectivity index (χ1) is 12.7. The van der Waals surface area contributed by atoms with E-state index in [1.807, 2.05) is 50.2 Å². The van der Waals surface area contributed by atoms with E-state index >= 15 is 0 Å². The summed E-state index contributed by atoms with van der Waals surface area (Å²) < 4.78 is 5.88. The number of hydrogen-bond donors (Lipinski definition) is 1. The Bertz CT molecular complexity index is 716. The Morgan fingerprint density at radius 3 is 2.35 bits per heavy atom. The zero-order valence-electron chi connectivity index (χ0n) is 15.4. The molecule has 0 unspecified atom stereocenters. The van der Waals surface area contributed by atoms with Gasteiger partial charge in [-0.2, -0.15) is 0 Å². The van der Waals surface area contributed by atoms with Crippen LogP contribution in [0, 0.1) is 0 Å². The molecule has 0 atom stereocenters. The molecule has 0 spiro atoms. The number of carbonyl (C=O) groups is 2. The SMILES string of the molecule is CCCNC(=O)CN(CCC)C(=O)c1ccccc1Oc1ccccc1. The van der Waals surface area contributed by atoms with Crippen molar-refractivity contribution in [1.29, 1.82) is 0 Å². The summed E-state index contributed by atoms with van der Waals surface area (Å²) in [5.41, 5.74) is 0.452. The van der Waals surface area contributed by atoms with Gasteiger partial charge in [0, 0.05) is 13.1 Å². The van der Waals surface area contributed by atoms with E-state index in [0.717, 1.165) is 12.8 Å². The first kappa shape index (κ1) is 19.5. The van der Waals surface area contributed by atoms with Crippen molar-refractivity contribution >= 4 is 11.8 Å². The van der Waals surface area contributed by atoms with Crippen LogP contribution >= 0.6 is 0 Å². The van der Waals surface area contributed by atoms with Crippen molar-refractivity contribution in [2.24, 2.45) is 0 Å². The highest BCUT2D eigenvalue weighted by molar-refractivity contribution is 5.98. The Labute approximate surface area is 155 Å². The Kier molecular flexibility index (Phi) is 7.68. The fraction of sp³-hybridized carbons (Fsp3) is 0.333. The van der Waals surface area contributed by atoms with Gasteiger partial charge in [0.05, 0.1) is 12.1 Å². The summed E-state index contributed by atoms with van der Waals surface area (Å²) >= 11 is 0. The average molecular weight is 354 g/mol. The van der Waals surface area contributed by atoms with Crippen LogP contribution in [0.1, 0.15) is 37.0 Å². The van der Waals surface area contributed by atoms with Gasteiger partial charge in [0.25, 0.3) is 5.91 Å². The normalized spacial score (nSPS) is 10.2. The first-order valence-electron chi connectivity index (χ1n) is 9.03. The summed E-state index contributed by atoms with van der Waals surface area (Å²) in [6.07, 6.45) is 1.63. The Hall–Kier alpha value is -2.82. The highest BCUT2D eigenvalue weighted by atomic mass is 16.5. The van der Waals surface area contributed by atoms with E-state index in [1.54, 1.807) is 23.1 Å². The number of nitrogens with zero attached hydrogens (tertiary/aromatic N) is 1. The lowest BCUT2D eigenvalue weighted by Crippen LogP contribution is -2.41. The Morgan fingerprint density at radius 2 is 1.65 bits per heavy atom.